The first-order chi connectivity index (χ1) is 11.7. The molecule has 4 rings (SSSR count). The molecule has 3 fully saturated rings. The first-order valence-electron chi connectivity index (χ1n) is 9.45. The zero-order valence-corrected chi connectivity index (χ0v) is 14.3. The molecule has 3 heterocycles. The lowest BCUT2D eigenvalue weighted by Crippen LogP contribution is -2.47. The van der Waals surface area contributed by atoms with Crippen molar-refractivity contribution in [2.24, 2.45) is 0 Å². The second-order valence-electron chi connectivity index (χ2n) is 7.58. The third kappa shape index (κ3) is 3.35. The normalized spacial score (nSPS) is 29.7. The van der Waals surface area contributed by atoms with Gasteiger partial charge < -0.3 is 15.4 Å². The lowest BCUT2D eigenvalue weighted by atomic mass is 9.89. The fraction of sp³-hybridized carbons (Fsp3) is 0.778. The minimum Gasteiger partial charge on any atom is -0.375 e. The quantitative estimate of drug-likeness (QED) is 0.889. The van der Waals surface area contributed by atoms with E-state index in [1.165, 1.54) is 12.8 Å². The van der Waals surface area contributed by atoms with Gasteiger partial charge in [-0.05, 0) is 51.1 Å². The SMILES string of the molecule is O=C(NC1CCOC2(CCCC2)C1)c1ccn(C2CCCNC2)n1. The Balaban J connectivity index is 1.36. The molecule has 0 radical (unpaired) electrons. The maximum atomic E-state index is 12.6. The van der Waals surface area contributed by atoms with Gasteiger partial charge in [-0.1, -0.05) is 12.8 Å². The summed E-state index contributed by atoms with van der Waals surface area (Å²) < 4.78 is 8.00. The highest BCUT2D eigenvalue weighted by Crippen LogP contribution is 2.40. The third-order valence-electron chi connectivity index (χ3n) is 5.83. The molecule has 6 heteroatoms. The van der Waals surface area contributed by atoms with Gasteiger partial charge in [0, 0.05) is 25.4 Å². The average Bonchev–Trinajstić information content (AvgIpc) is 3.26. The highest BCUT2D eigenvalue weighted by molar-refractivity contribution is 5.92. The van der Waals surface area contributed by atoms with Gasteiger partial charge in [0.05, 0.1) is 11.6 Å². The number of carbonyl (C=O) groups excluding carboxylic acids is 1. The molecule has 1 amide bonds. The lowest BCUT2D eigenvalue weighted by molar-refractivity contribution is -0.0823. The largest absolute Gasteiger partial charge is 0.375 e. The third-order valence-corrected chi connectivity index (χ3v) is 5.83. The van der Waals surface area contributed by atoms with Crippen LogP contribution in [0.25, 0.3) is 0 Å². The zero-order valence-electron chi connectivity index (χ0n) is 14.3. The molecule has 2 N–H and O–H groups in total. The van der Waals surface area contributed by atoms with Gasteiger partial charge in [-0.25, -0.2) is 0 Å². The van der Waals surface area contributed by atoms with Crippen molar-refractivity contribution < 1.29 is 9.53 Å². The maximum Gasteiger partial charge on any atom is 0.271 e. The second kappa shape index (κ2) is 6.84. The van der Waals surface area contributed by atoms with Gasteiger partial charge in [-0.2, -0.15) is 5.10 Å². The molecule has 3 aliphatic rings. The monoisotopic (exact) mass is 332 g/mol. The summed E-state index contributed by atoms with van der Waals surface area (Å²) in [6.45, 7) is 2.77. The Morgan fingerprint density at radius 2 is 2.21 bits per heavy atom. The Bertz CT molecular complexity index is 573. The first kappa shape index (κ1) is 16.1. The minimum atomic E-state index is -0.0439. The molecule has 2 saturated heterocycles. The van der Waals surface area contributed by atoms with E-state index in [0.717, 1.165) is 58.2 Å². The van der Waals surface area contributed by atoms with Gasteiger partial charge in [-0.15, -0.1) is 0 Å². The van der Waals surface area contributed by atoms with Crippen LogP contribution >= 0.6 is 0 Å². The van der Waals surface area contributed by atoms with Crippen molar-refractivity contribution in [1.82, 2.24) is 20.4 Å². The van der Waals surface area contributed by atoms with Gasteiger partial charge in [0.1, 0.15) is 5.69 Å². The number of piperidine rings is 1. The molecule has 2 aliphatic heterocycles. The summed E-state index contributed by atoms with van der Waals surface area (Å²) in [5.74, 6) is -0.0439. The summed E-state index contributed by atoms with van der Waals surface area (Å²) in [5, 5.41) is 11.1. The molecule has 1 aliphatic carbocycles. The van der Waals surface area contributed by atoms with Crippen LogP contribution in [0.2, 0.25) is 0 Å². The van der Waals surface area contributed by atoms with E-state index in [2.05, 4.69) is 15.7 Å². The maximum absolute atomic E-state index is 12.6. The van der Waals surface area contributed by atoms with Crippen LogP contribution in [0.3, 0.4) is 0 Å². The zero-order chi connectivity index (χ0) is 16.4. The van der Waals surface area contributed by atoms with Gasteiger partial charge in [0.2, 0.25) is 0 Å². The molecule has 1 aromatic rings. The smallest absolute Gasteiger partial charge is 0.271 e. The van der Waals surface area contributed by atoms with Gasteiger partial charge in [-0.3, -0.25) is 9.48 Å². The number of hydrogen-bond donors (Lipinski definition) is 2. The van der Waals surface area contributed by atoms with Gasteiger partial charge >= 0.3 is 0 Å². The van der Waals surface area contributed by atoms with Crippen molar-refractivity contribution in [2.45, 2.75) is 69.1 Å². The van der Waals surface area contributed by atoms with Crippen LogP contribution in [0.15, 0.2) is 12.3 Å². The molecule has 132 valence electrons. The van der Waals surface area contributed by atoms with Crippen LogP contribution in [0, 0.1) is 0 Å². The van der Waals surface area contributed by atoms with Gasteiger partial charge in [0.15, 0.2) is 0 Å². The first-order valence-corrected chi connectivity index (χ1v) is 9.45. The predicted octanol–water partition coefficient (Wildman–Crippen LogP) is 2.03. The number of amides is 1. The Labute approximate surface area is 143 Å². The number of ether oxygens (including phenoxy) is 1. The fourth-order valence-electron chi connectivity index (χ4n) is 4.50. The predicted molar refractivity (Wildman–Crippen MR) is 91.0 cm³/mol. The Morgan fingerprint density at radius 3 is 3.00 bits per heavy atom. The van der Waals surface area contributed by atoms with E-state index < -0.39 is 0 Å². The fourth-order valence-corrected chi connectivity index (χ4v) is 4.50. The van der Waals surface area contributed by atoms with E-state index >= 15 is 0 Å². The molecule has 1 aromatic heterocycles. The highest BCUT2D eigenvalue weighted by atomic mass is 16.5. The van der Waals surface area contributed by atoms with Crippen LogP contribution in [-0.2, 0) is 4.74 Å². The number of aromatic nitrogens is 2. The second-order valence-corrected chi connectivity index (χ2v) is 7.58. The van der Waals surface area contributed by atoms with Crippen molar-refractivity contribution in [3.8, 4) is 0 Å². The summed E-state index contributed by atoms with van der Waals surface area (Å²) >= 11 is 0. The Morgan fingerprint density at radius 1 is 1.33 bits per heavy atom. The van der Waals surface area contributed by atoms with Crippen molar-refractivity contribution in [3.05, 3.63) is 18.0 Å². The number of rotatable bonds is 3. The molecule has 2 atom stereocenters. The summed E-state index contributed by atoms with van der Waals surface area (Å²) in [5.41, 5.74) is 0.566. The van der Waals surface area contributed by atoms with E-state index in [1.54, 1.807) is 0 Å². The summed E-state index contributed by atoms with van der Waals surface area (Å²) in [4.78, 5) is 12.6. The molecule has 6 nitrogen and oxygen atoms in total. The van der Waals surface area contributed by atoms with E-state index in [4.69, 9.17) is 4.74 Å². The van der Waals surface area contributed by atoms with Crippen molar-refractivity contribution in [1.29, 1.82) is 0 Å². The Hall–Kier alpha value is -1.40. The molecule has 1 saturated carbocycles. The molecule has 0 bridgehead atoms. The molecule has 24 heavy (non-hydrogen) atoms. The summed E-state index contributed by atoms with van der Waals surface area (Å²) in [6, 6.07) is 2.42. The number of carbonyl (C=O) groups is 1. The van der Waals surface area contributed by atoms with E-state index in [1.807, 2.05) is 16.9 Å². The number of nitrogens with one attached hydrogen (secondary N) is 2. The molecule has 0 aromatic carbocycles. The van der Waals surface area contributed by atoms with Crippen molar-refractivity contribution >= 4 is 5.91 Å². The lowest BCUT2D eigenvalue weighted by Gasteiger charge is -2.38. The van der Waals surface area contributed by atoms with Gasteiger partial charge in [0.25, 0.3) is 5.91 Å². The van der Waals surface area contributed by atoms with E-state index in [9.17, 15) is 4.79 Å². The molecular weight excluding hydrogens is 304 g/mol. The number of nitrogens with zero attached hydrogens (tertiary/aromatic N) is 2. The van der Waals surface area contributed by atoms with Crippen LogP contribution < -0.4 is 10.6 Å². The summed E-state index contributed by atoms with van der Waals surface area (Å²) in [7, 11) is 0. The Kier molecular flexibility index (Phi) is 4.59. The summed E-state index contributed by atoms with van der Waals surface area (Å²) in [6.07, 6.45) is 10.9. The van der Waals surface area contributed by atoms with Crippen molar-refractivity contribution in [2.75, 3.05) is 19.7 Å². The topological polar surface area (TPSA) is 68.2 Å². The highest BCUT2D eigenvalue weighted by Gasteiger charge is 2.40. The number of hydrogen-bond acceptors (Lipinski definition) is 4. The van der Waals surface area contributed by atoms with Crippen LogP contribution in [0.4, 0.5) is 0 Å². The molecule has 2 unspecified atom stereocenters. The average molecular weight is 332 g/mol. The van der Waals surface area contributed by atoms with E-state index in [0.29, 0.717) is 11.7 Å². The molecular formula is C18H28N4O2. The molecule has 1 spiro atoms. The standard InChI is InChI=1S/C18H28N4O2/c23-17(16-5-10-22(21-16)15-4-3-9-19-13-15)20-14-6-11-24-18(12-14)7-1-2-8-18/h5,10,14-15,19H,1-4,6-9,11-13H2,(H,20,23). The van der Waals surface area contributed by atoms with Crippen molar-refractivity contribution in [3.63, 3.8) is 0 Å². The minimum absolute atomic E-state index is 0.0311. The van der Waals surface area contributed by atoms with Crippen LogP contribution in [-0.4, -0.2) is 47.0 Å². The van der Waals surface area contributed by atoms with Crippen LogP contribution in [0.1, 0.15) is 67.9 Å². The van der Waals surface area contributed by atoms with Crippen LogP contribution in [0.5, 0.6) is 0 Å². The van der Waals surface area contributed by atoms with E-state index in [-0.39, 0.29) is 17.6 Å².